The number of rotatable bonds is 9. The van der Waals surface area contributed by atoms with E-state index in [1.165, 1.54) is 38.4 Å². The van der Waals surface area contributed by atoms with Crippen LogP contribution < -0.4 is 0 Å². The smallest absolute Gasteiger partial charge is 0.0573 e. The molecular weight excluding hydrogens is 222 g/mol. The second kappa shape index (κ2) is 7.25. The highest BCUT2D eigenvalue weighted by Crippen LogP contribution is 2.31. The lowest BCUT2D eigenvalue weighted by atomic mass is 10.4. The third-order valence-corrected chi connectivity index (χ3v) is 9.87. The molecule has 0 spiro atoms. The van der Waals surface area contributed by atoms with Crippen molar-refractivity contribution in [1.82, 2.24) is 4.90 Å². The van der Waals surface area contributed by atoms with Crippen LogP contribution in [-0.2, 0) is 0 Å². The van der Waals surface area contributed by atoms with Crippen molar-refractivity contribution in [3.63, 3.8) is 0 Å². The third-order valence-electron chi connectivity index (χ3n) is 4.12. The Morgan fingerprint density at radius 1 is 1.00 bits per heavy atom. The summed E-state index contributed by atoms with van der Waals surface area (Å²) in [7, 11) is -0.979. The minimum atomic E-state index is -0.979. The van der Waals surface area contributed by atoms with Crippen molar-refractivity contribution in [1.29, 1.82) is 0 Å². The Labute approximate surface area is 109 Å². The van der Waals surface area contributed by atoms with E-state index >= 15 is 0 Å². The SMILES string of the molecule is CCC[Si](CC=C(C)N1CC1)(CCC)CCC. The lowest BCUT2D eigenvalue weighted by Crippen LogP contribution is -2.32. The molecule has 0 unspecified atom stereocenters. The minimum Gasteiger partial charge on any atom is -0.372 e. The Morgan fingerprint density at radius 2 is 1.47 bits per heavy atom. The van der Waals surface area contributed by atoms with E-state index in [1.54, 1.807) is 23.8 Å². The molecule has 0 aromatic carbocycles. The van der Waals surface area contributed by atoms with Crippen LogP contribution >= 0.6 is 0 Å². The molecule has 0 saturated carbocycles. The van der Waals surface area contributed by atoms with Gasteiger partial charge in [0.25, 0.3) is 0 Å². The van der Waals surface area contributed by atoms with Crippen LogP contribution in [0.25, 0.3) is 0 Å². The molecule has 0 aliphatic carbocycles. The molecule has 1 rings (SSSR count). The summed E-state index contributed by atoms with van der Waals surface area (Å²) >= 11 is 0. The van der Waals surface area contributed by atoms with Gasteiger partial charge in [0.1, 0.15) is 0 Å². The maximum atomic E-state index is 2.57. The van der Waals surface area contributed by atoms with Crippen LogP contribution in [0.4, 0.5) is 0 Å². The van der Waals surface area contributed by atoms with Crippen molar-refractivity contribution in [2.24, 2.45) is 0 Å². The van der Waals surface area contributed by atoms with Crippen LogP contribution in [0.15, 0.2) is 11.8 Å². The molecule has 0 amide bonds. The van der Waals surface area contributed by atoms with Crippen LogP contribution in [0.2, 0.25) is 24.2 Å². The predicted molar refractivity (Wildman–Crippen MR) is 81.2 cm³/mol. The molecule has 1 saturated heterocycles. The van der Waals surface area contributed by atoms with Gasteiger partial charge < -0.3 is 4.90 Å². The second-order valence-corrected chi connectivity index (χ2v) is 10.7. The van der Waals surface area contributed by atoms with Crippen molar-refractivity contribution in [3.05, 3.63) is 11.8 Å². The molecule has 1 aliphatic heterocycles. The molecule has 0 atom stereocenters. The Morgan fingerprint density at radius 3 is 1.82 bits per heavy atom. The van der Waals surface area contributed by atoms with Crippen molar-refractivity contribution in [3.8, 4) is 0 Å². The van der Waals surface area contributed by atoms with Crippen molar-refractivity contribution >= 4 is 8.07 Å². The van der Waals surface area contributed by atoms with Crippen LogP contribution in [-0.4, -0.2) is 26.1 Å². The van der Waals surface area contributed by atoms with Gasteiger partial charge in [0.15, 0.2) is 0 Å². The van der Waals surface area contributed by atoms with Gasteiger partial charge in [-0.2, -0.15) is 0 Å². The summed E-state index contributed by atoms with van der Waals surface area (Å²) in [5.74, 6) is 0. The van der Waals surface area contributed by atoms with E-state index in [9.17, 15) is 0 Å². The molecule has 1 aliphatic rings. The van der Waals surface area contributed by atoms with Gasteiger partial charge in [0.2, 0.25) is 0 Å². The van der Waals surface area contributed by atoms with Gasteiger partial charge in [-0.1, -0.05) is 64.2 Å². The maximum absolute atomic E-state index is 2.57. The quantitative estimate of drug-likeness (QED) is 0.418. The molecule has 1 nitrogen and oxygen atoms in total. The Balaban J connectivity index is 2.61. The normalized spacial score (nSPS) is 16.5. The Kier molecular flexibility index (Phi) is 6.32. The summed E-state index contributed by atoms with van der Waals surface area (Å²) in [5.41, 5.74) is 1.55. The second-order valence-electron chi connectivity index (χ2n) is 5.79. The highest BCUT2D eigenvalue weighted by molar-refractivity contribution is 6.80. The highest BCUT2D eigenvalue weighted by atomic mass is 28.3. The molecule has 1 fully saturated rings. The topological polar surface area (TPSA) is 3.01 Å². The van der Waals surface area contributed by atoms with Gasteiger partial charge in [-0.25, -0.2) is 0 Å². The first-order chi connectivity index (χ1) is 8.17. The van der Waals surface area contributed by atoms with E-state index in [2.05, 4.69) is 38.7 Å². The van der Waals surface area contributed by atoms with E-state index in [0.717, 1.165) is 0 Å². The molecule has 0 bridgehead atoms. The van der Waals surface area contributed by atoms with Crippen LogP contribution in [0.1, 0.15) is 47.0 Å². The molecule has 0 aromatic heterocycles. The molecule has 100 valence electrons. The van der Waals surface area contributed by atoms with Crippen LogP contribution in [0.3, 0.4) is 0 Å². The minimum absolute atomic E-state index is 0.979. The van der Waals surface area contributed by atoms with E-state index < -0.39 is 8.07 Å². The first-order valence-corrected chi connectivity index (χ1v) is 10.4. The summed E-state index contributed by atoms with van der Waals surface area (Å²) in [6, 6.07) is 6.06. The fourth-order valence-electron chi connectivity index (χ4n) is 3.17. The molecule has 2 heteroatoms. The summed E-state index contributed by atoms with van der Waals surface area (Å²) in [6.45, 7) is 12.0. The number of hydrogen-bond donors (Lipinski definition) is 0. The van der Waals surface area contributed by atoms with E-state index in [0.29, 0.717) is 0 Å². The van der Waals surface area contributed by atoms with Gasteiger partial charge in [-0.05, 0) is 13.0 Å². The summed E-state index contributed by atoms with van der Waals surface area (Å²) < 4.78 is 0. The predicted octanol–water partition coefficient (Wildman–Crippen LogP) is 4.88. The van der Waals surface area contributed by atoms with E-state index in [1.807, 2.05) is 0 Å². The highest BCUT2D eigenvalue weighted by Gasteiger charge is 2.29. The Hall–Kier alpha value is -0.243. The lowest BCUT2D eigenvalue weighted by Gasteiger charge is -2.30. The largest absolute Gasteiger partial charge is 0.372 e. The van der Waals surface area contributed by atoms with Crippen molar-refractivity contribution in [2.75, 3.05) is 13.1 Å². The van der Waals surface area contributed by atoms with Crippen molar-refractivity contribution < 1.29 is 0 Å². The van der Waals surface area contributed by atoms with E-state index in [4.69, 9.17) is 0 Å². The number of nitrogens with zero attached hydrogens (tertiary/aromatic N) is 1. The van der Waals surface area contributed by atoms with Crippen molar-refractivity contribution in [2.45, 2.75) is 71.1 Å². The molecular formula is C15H31NSi. The van der Waals surface area contributed by atoms with E-state index in [-0.39, 0.29) is 0 Å². The molecule has 0 aromatic rings. The zero-order chi connectivity index (χ0) is 12.7. The van der Waals surface area contributed by atoms with Gasteiger partial charge >= 0.3 is 0 Å². The standard InChI is InChI=1S/C15H31NSi/c1-5-11-17(12-6-2,13-7-3)14-8-15(4)16-9-10-16/h8H,5-7,9-14H2,1-4H3. The first-order valence-electron chi connectivity index (χ1n) is 7.59. The number of allylic oxidation sites excluding steroid dienone is 2. The van der Waals surface area contributed by atoms with Crippen LogP contribution in [0.5, 0.6) is 0 Å². The first kappa shape index (κ1) is 14.8. The van der Waals surface area contributed by atoms with Crippen LogP contribution in [0, 0.1) is 0 Å². The average molecular weight is 254 g/mol. The summed E-state index contributed by atoms with van der Waals surface area (Å²) in [4.78, 5) is 2.49. The zero-order valence-corrected chi connectivity index (χ0v) is 13.4. The third kappa shape index (κ3) is 4.87. The zero-order valence-electron chi connectivity index (χ0n) is 12.4. The summed E-state index contributed by atoms with van der Waals surface area (Å²) in [5, 5.41) is 0. The fraction of sp³-hybridized carbons (Fsp3) is 0.867. The molecule has 17 heavy (non-hydrogen) atoms. The summed E-state index contributed by atoms with van der Waals surface area (Å²) in [6.07, 6.45) is 6.74. The average Bonchev–Trinajstić information content (AvgIpc) is 3.11. The van der Waals surface area contributed by atoms with Gasteiger partial charge in [0.05, 0.1) is 8.07 Å². The monoisotopic (exact) mass is 253 g/mol. The molecule has 0 N–H and O–H groups in total. The Bertz CT molecular complexity index is 226. The lowest BCUT2D eigenvalue weighted by molar-refractivity contribution is 0.695. The van der Waals surface area contributed by atoms with Gasteiger partial charge in [-0.15, -0.1) is 0 Å². The molecule has 1 heterocycles. The number of hydrogen-bond acceptors (Lipinski definition) is 1. The maximum Gasteiger partial charge on any atom is 0.0573 e. The van der Waals surface area contributed by atoms with Gasteiger partial charge in [-0.3, -0.25) is 0 Å². The molecule has 0 radical (unpaired) electrons. The fourth-order valence-corrected chi connectivity index (χ4v) is 8.44. The van der Waals surface area contributed by atoms with Gasteiger partial charge in [0, 0.05) is 18.8 Å².